The molecule has 0 atom stereocenters. The maximum atomic E-state index is 13.3. The van der Waals surface area contributed by atoms with Crippen LogP contribution < -0.4 is 15.5 Å². The molecule has 2 aromatic heterocycles. The summed E-state index contributed by atoms with van der Waals surface area (Å²) >= 11 is 0. The molecular formula is C28H34N4O4. The third kappa shape index (κ3) is 6.80. The number of nitrogens with one attached hydrogen (secondary N) is 1. The summed E-state index contributed by atoms with van der Waals surface area (Å²) in [6.07, 6.45) is 2.31. The minimum absolute atomic E-state index is 0.117. The topological polar surface area (TPSA) is 85.7 Å². The molecule has 1 aliphatic heterocycles. The predicted octanol–water partition coefficient (Wildman–Crippen LogP) is 2.74. The second-order valence-corrected chi connectivity index (χ2v) is 9.01. The molecule has 0 radical (unpaired) electrons. The molecule has 0 spiro atoms. The Labute approximate surface area is 211 Å². The average Bonchev–Trinajstić information content (AvgIpc) is 2.89. The molecule has 0 saturated carbocycles. The Morgan fingerprint density at radius 1 is 1.08 bits per heavy atom. The van der Waals surface area contributed by atoms with Gasteiger partial charge < -0.3 is 19.4 Å². The zero-order valence-corrected chi connectivity index (χ0v) is 21.0. The van der Waals surface area contributed by atoms with Crippen LogP contribution in [0.25, 0.3) is 0 Å². The second-order valence-electron chi connectivity index (χ2n) is 9.01. The molecule has 0 aliphatic carbocycles. The van der Waals surface area contributed by atoms with Gasteiger partial charge in [-0.1, -0.05) is 23.8 Å². The van der Waals surface area contributed by atoms with Gasteiger partial charge in [-0.15, -0.1) is 0 Å². The molecule has 0 bridgehead atoms. The van der Waals surface area contributed by atoms with Crippen molar-refractivity contribution in [1.29, 1.82) is 0 Å². The number of pyridine rings is 2. The van der Waals surface area contributed by atoms with Crippen molar-refractivity contribution in [3.63, 3.8) is 0 Å². The lowest BCUT2D eigenvalue weighted by Crippen LogP contribution is -2.39. The summed E-state index contributed by atoms with van der Waals surface area (Å²) in [6, 6.07) is 15.0. The molecule has 190 valence electrons. The summed E-state index contributed by atoms with van der Waals surface area (Å²) in [5.74, 6) is 0.300. The van der Waals surface area contributed by atoms with Gasteiger partial charge in [0.2, 0.25) is 0 Å². The van der Waals surface area contributed by atoms with E-state index in [1.165, 1.54) is 0 Å². The summed E-state index contributed by atoms with van der Waals surface area (Å²) < 4.78 is 13.6. The lowest BCUT2D eigenvalue weighted by Gasteiger charge is -2.28. The van der Waals surface area contributed by atoms with E-state index in [-0.39, 0.29) is 17.6 Å². The van der Waals surface area contributed by atoms with Crippen molar-refractivity contribution in [1.82, 2.24) is 19.8 Å². The van der Waals surface area contributed by atoms with E-state index >= 15 is 0 Å². The molecule has 36 heavy (non-hydrogen) atoms. The van der Waals surface area contributed by atoms with Crippen LogP contribution in [0, 0.1) is 13.8 Å². The highest BCUT2D eigenvalue weighted by Crippen LogP contribution is 2.17. The zero-order chi connectivity index (χ0) is 25.3. The zero-order valence-electron chi connectivity index (χ0n) is 21.0. The molecule has 1 fully saturated rings. The number of hydrogen-bond donors (Lipinski definition) is 1. The van der Waals surface area contributed by atoms with Crippen molar-refractivity contribution in [2.24, 2.45) is 0 Å². The largest absolute Gasteiger partial charge is 0.487 e. The molecular weight excluding hydrogens is 456 g/mol. The lowest BCUT2D eigenvalue weighted by molar-refractivity contribution is 0.0361. The van der Waals surface area contributed by atoms with E-state index in [0.717, 1.165) is 49.8 Å². The fourth-order valence-electron chi connectivity index (χ4n) is 4.33. The Hall–Kier alpha value is -3.49. The number of carbonyl (C=O) groups is 1. The highest BCUT2D eigenvalue weighted by molar-refractivity contribution is 5.95. The lowest BCUT2D eigenvalue weighted by atomic mass is 10.1. The minimum atomic E-state index is -0.390. The molecule has 1 aliphatic rings. The normalized spacial score (nSPS) is 13.9. The van der Waals surface area contributed by atoms with Crippen LogP contribution in [0.5, 0.6) is 5.75 Å². The van der Waals surface area contributed by atoms with Gasteiger partial charge in [-0.2, -0.15) is 0 Å². The Balaban J connectivity index is 1.57. The number of ether oxygens (including phenoxy) is 2. The molecule has 4 rings (SSSR count). The monoisotopic (exact) mass is 490 g/mol. The van der Waals surface area contributed by atoms with Gasteiger partial charge in [0.05, 0.1) is 18.9 Å². The van der Waals surface area contributed by atoms with Crippen LogP contribution in [-0.2, 0) is 24.3 Å². The van der Waals surface area contributed by atoms with Gasteiger partial charge in [-0.25, -0.2) is 0 Å². The summed E-state index contributed by atoms with van der Waals surface area (Å²) in [7, 11) is 0. The first-order chi connectivity index (χ1) is 17.5. The van der Waals surface area contributed by atoms with Crippen LogP contribution in [-0.4, -0.2) is 59.8 Å². The second kappa shape index (κ2) is 12.5. The summed E-state index contributed by atoms with van der Waals surface area (Å²) in [5.41, 5.74) is 3.24. The molecule has 8 heteroatoms. The van der Waals surface area contributed by atoms with Gasteiger partial charge >= 0.3 is 0 Å². The van der Waals surface area contributed by atoms with Crippen LogP contribution in [0.15, 0.2) is 59.5 Å². The first-order valence-corrected chi connectivity index (χ1v) is 12.4. The number of rotatable bonds is 10. The van der Waals surface area contributed by atoms with Crippen molar-refractivity contribution in [3.8, 4) is 5.75 Å². The molecule has 3 aromatic rings. The summed E-state index contributed by atoms with van der Waals surface area (Å²) in [6.45, 7) is 9.04. The van der Waals surface area contributed by atoms with Crippen LogP contribution in [0.4, 0.5) is 0 Å². The van der Waals surface area contributed by atoms with Crippen LogP contribution in [0.1, 0.15) is 33.0 Å². The number of aryl methyl sites for hydroxylation is 2. The van der Waals surface area contributed by atoms with Gasteiger partial charge in [0.15, 0.2) is 5.43 Å². The molecule has 1 amide bonds. The van der Waals surface area contributed by atoms with Crippen LogP contribution >= 0.6 is 0 Å². The molecule has 8 nitrogen and oxygen atoms in total. The van der Waals surface area contributed by atoms with Gasteiger partial charge in [0.25, 0.3) is 5.91 Å². The van der Waals surface area contributed by atoms with Gasteiger partial charge in [0.1, 0.15) is 17.9 Å². The quantitative estimate of drug-likeness (QED) is 0.470. The molecule has 0 unspecified atom stereocenters. The standard InChI is InChI=1S/C28H34N4O4/c1-21-6-8-24(9-7-21)36-20-25-27(28(34)30-12-10-23-5-3-4-11-29-23)26(33)19-22(2)32(25)14-13-31-15-17-35-18-16-31/h3-9,11,19H,10,12-18,20H2,1-2H3,(H,30,34). The Kier molecular flexibility index (Phi) is 8.86. The summed E-state index contributed by atoms with van der Waals surface area (Å²) in [5, 5.41) is 2.91. The average molecular weight is 491 g/mol. The van der Waals surface area contributed by atoms with Crippen LogP contribution in [0.2, 0.25) is 0 Å². The van der Waals surface area contributed by atoms with Gasteiger partial charge in [-0.3, -0.25) is 19.5 Å². The van der Waals surface area contributed by atoms with Gasteiger partial charge in [-0.05, 0) is 38.1 Å². The SMILES string of the molecule is Cc1ccc(OCc2c(C(=O)NCCc3ccccn3)c(=O)cc(C)n2CCN2CCOCC2)cc1. The number of nitrogens with zero attached hydrogens (tertiary/aromatic N) is 3. The first kappa shape index (κ1) is 25.6. The van der Waals surface area contributed by atoms with E-state index in [4.69, 9.17) is 9.47 Å². The highest BCUT2D eigenvalue weighted by atomic mass is 16.5. The van der Waals surface area contributed by atoms with E-state index in [1.54, 1.807) is 12.3 Å². The fraction of sp³-hybridized carbons (Fsp3) is 0.393. The minimum Gasteiger partial charge on any atom is -0.487 e. The Morgan fingerprint density at radius 2 is 1.86 bits per heavy atom. The van der Waals surface area contributed by atoms with Crippen molar-refractivity contribution in [2.45, 2.75) is 33.4 Å². The van der Waals surface area contributed by atoms with E-state index in [1.807, 2.05) is 60.9 Å². The van der Waals surface area contributed by atoms with E-state index in [0.29, 0.717) is 31.0 Å². The molecule has 1 N–H and O–H groups in total. The number of carbonyl (C=O) groups excluding carboxylic acids is 1. The van der Waals surface area contributed by atoms with Crippen molar-refractivity contribution < 1.29 is 14.3 Å². The molecule has 1 saturated heterocycles. The fourth-order valence-corrected chi connectivity index (χ4v) is 4.33. The first-order valence-electron chi connectivity index (χ1n) is 12.4. The molecule has 1 aromatic carbocycles. The Bertz CT molecular complexity index is 1200. The predicted molar refractivity (Wildman–Crippen MR) is 138 cm³/mol. The third-order valence-corrected chi connectivity index (χ3v) is 6.39. The highest BCUT2D eigenvalue weighted by Gasteiger charge is 2.22. The maximum Gasteiger partial charge on any atom is 0.257 e. The number of benzene rings is 1. The molecule has 3 heterocycles. The number of hydrogen-bond acceptors (Lipinski definition) is 6. The third-order valence-electron chi connectivity index (χ3n) is 6.39. The number of aromatic nitrogens is 2. The van der Waals surface area contributed by atoms with Crippen molar-refractivity contribution in [2.75, 3.05) is 39.4 Å². The Morgan fingerprint density at radius 3 is 2.58 bits per heavy atom. The van der Waals surface area contributed by atoms with E-state index in [9.17, 15) is 9.59 Å². The van der Waals surface area contributed by atoms with E-state index in [2.05, 4.69) is 15.2 Å². The number of amides is 1. The van der Waals surface area contributed by atoms with Crippen LogP contribution in [0.3, 0.4) is 0 Å². The number of morpholine rings is 1. The summed E-state index contributed by atoms with van der Waals surface area (Å²) in [4.78, 5) is 33.0. The van der Waals surface area contributed by atoms with Crippen molar-refractivity contribution >= 4 is 5.91 Å². The maximum absolute atomic E-state index is 13.3. The smallest absolute Gasteiger partial charge is 0.257 e. The van der Waals surface area contributed by atoms with E-state index < -0.39 is 5.91 Å². The van der Waals surface area contributed by atoms with Crippen molar-refractivity contribution in [3.05, 3.63) is 93.2 Å². The van der Waals surface area contributed by atoms with Gasteiger partial charge in [0, 0.05) is 62.8 Å².